The molecule has 0 bridgehead atoms. The Bertz CT molecular complexity index is 1020. The lowest BCUT2D eigenvalue weighted by Crippen LogP contribution is -2.47. The molecule has 1 fully saturated rings. The van der Waals surface area contributed by atoms with E-state index in [0.29, 0.717) is 23.6 Å². The highest BCUT2D eigenvalue weighted by Crippen LogP contribution is 2.39. The normalized spacial score (nSPS) is 16.9. The second-order valence-electron chi connectivity index (χ2n) is 7.34. The van der Waals surface area contributed by atoms with Crippen LogP contribution in [0.2, 0.25) is 15.1 Å². The first kappa shape index (κ1) is 23.2. The number of carbonyl (C=O) groups is 1. The first-order valence-electron chi connectivity index (χ1n) is 9.24. The molecule has 162 valence electrons. The highest BCUT2D eigenvalue weighted by Gasteiger charge is 2.41. The number of carbonyl (C=O) groups excluding carboxylic acids is 1. The molecule has 10 heteroatoms. The standard InChI is InChI=1S/C20H21Cl3N2O4S/c21-14-4-6-15(7-5-14)29-13-20(12-18(24)26)8-10-25(11-9-20)30(27,28)17-3-1-2-16(22)19(17)23/h1-7H,8-13H2,(H2,24,26). The molecule has 2 aromatic rings. The van der Waals surface area contributed by atoms with E-state index in [1.165, 1.54) is 16.4 Å². The van der Waals surface area contributed by atoms with Crippen LogP contribution in [0.25, 0.3) is 0 Å². The van der Waals surface area contributed by atoms with Crippen LogP contribution in [0.3, 0.4) is 0 Å². The smallest absolute Gasteiger partial charge is 0.244 e. The predicted molar refractivity (Wildman–Crippen MR) is 118 cm³/mol. The molecule has 0 atom stereocenters. The number of hydrogen-bond acceptors (Lipinski definition) is 4. The Morgan fingerprint density at radius 3 is 2.30 bits per heavy atom. The molecule has 2 aromatic carbocycles. The van der Waals surface area contributed by atoms with Crippen LogP contribution < -0.4 is 10.5 Å². The second-order valence-corrected chi connectivity index (χ2v) is 10.5. The van der Waals surface area contributed by atoms with E-state index in [0.717, 1.165) is 0 Å². The summed E-state index contributed by atoms with van der Waals surface area (Å²) in [5.41, 5.74) is 4.91. The number of piperidine rings is 1. The number of ether oxygens (including phenoxy) is 1. The molecule has 0 spiro atoms. The van der Waals surface area contributed by atoms with Gasteiger partial charge in [0.25, 0.3) is 0 Å². The van der Waals surface area contributed by atoms with Gasteiger partial charge in [0.2, 0.25) is 15.9 Å². The summed E-state index contributed by atoms with van der Waals surface area (Å²) in [6, 6.07) is 11.4. The summed E-state index contributed by atoms with van der Waals surface area (Å²) in [5.74, 6) is 0.160. The van der Waals surface area contributed by atoms with Crippen LogP contribution in [0.5, 0.6) is 5.75 Å². The predicted octanol–water partition coefficient (Wildman–Crippen LogP) is 4.37. The van der Waals surface area contributed by atoms with Crippen molar-refractivity contribution in [2.75, 3.05) is 19.7 Å². The van der Waals surface area contributed by atoms with Crippen molar-refractivity contribution >= 4 is 50.7 Å². The molecule has 1 amide bonds. The lowest BCUT2D eigenvalue weighted by atomic mass is 9.76. The molecule has 1 aliphatic rings. The minimum Gasteiger partial charge on any atom is -0.493 e. The molecule has 3 rings (SSSR count). The summed E-state index contributed by atoms with van der Waals surface area (Å²) in [6.45, 7) is 0.661. The quantitative estimate of drug-likeness (QED) is 0.623. The van der Waals surface area contributed by atoms with Crippen molar-refractivity contribution < 1.29 is 17.9 Å². The van der Waals surface area contributed by atoms with Crippen LogP contribution in [0.4, 0.5) is 0 Å². The zero-order chi connectivity index (χ0) is 21.9. The Morgan fingerprint density at radius 1 is 1.07 bits per heavy atom. The number of amides is 1. The molecule has 6 nitrogen and oxygen atoms in total. The first-order valence-corrected chi connectivity index (χ1v) is 11.8. The highest BCUT2D eigenvalue weighted by atomic mass is 35.5. The van der Waals surface area contributed by atoms with E-state index in [2.05, 4.69) is 0 Å². The van der Waals surface area contributed by atoms with Crippen LogP contribution >= 0.6 is 34.8 Å². The van der Waals surface area contributed by atoms with E-state index in [-0.39, 0.29) is 41.1 Å². The third kappa shape index (κ3) is 5.21. The van der Waals surface area contributed by atoms with Crippen molar-refractivity contribution in [3.05, 3.63) is 57.5 Å². The van der Waals surface area contributed by atoms with Gasteiger partial charge in [0.1, 0.15) is 10.6 Å². The molecule has 2 N–H and O–H groups in total. The van der Waals surface area contributed by atoms with Crippen LogP contribution in [-0.2, 0) is 14.8 Å². The Hall–Kier alpha value is -1.51. The fraction of sp³-hybridized carbons (Fsp3) is 0.350. The van der Waals surface area contributed by atoms with Gasteiger partial charge in [0.15, 0.2) is 0 Å². The molecule has 30 heavy (non-hydrogen) atoms. The molecular formula is C20H21Cl3N2O4S. The fourth-order valence-electron chi connectivity index (χ4n) is 3.53. The van der Waals surface area contributed by atoms with E-state index in [1.807, 2.05) is 0 Å². The molecule has 1 aliphatic heterocycles. The number of halogens is 3. The molecule has 1 heterocycles. The lowest BCUT2D eigenvalue weighted by molar-refractivity contribution is -0.121. The second kappa shape index (κ2) is 9.32. The summed E-state index contributed by atoms with van der Waals surface area (Å²) in [4.78, 5) is 11.7. The summed E-state index contributed by atoms with van der Waals surface area (Å²) >= 11 is 18.0. The Balaban J connectivity index is 1.75. The highest BCUT2D eigenvalue weighted by molar-refractivity contribution is 7.89. The van der Waals surface area contributed by atoms with Crippen LogP contribution in [0, 0.1) is 5.41 Å². The summed E-state index contributed by atoms with van der Waals surface area (Å²) in [7, 11) is -3.82. The van der Waals surface area contributed by atoms with Gasteiger partial charge in [-0.25, -0.2) is 8.42 Å². The monoisotopic (exact) mass is 490 g/mol. The van der Waals surface area contributed by atoms with Gasteiger partial charge in [-0.05, 0) is 49.2 Å². The average Bonchev–Trinajstić information content (AvgIpc) is 2.69. The lowest BCUT2D eigenvalue weighted by Gasteiger charge is -2.40. The SMILES string of the molecule is NC(=O)CC1(COc2ccc(Cl)cc2)CCN(S(=O)(=O)c2cccc(Cl)c2Cl)CC1. The van der Waals surface area contributed by atoms with Gasteiger partial charge in [-0.2, -0.15) is 4.31 Å². The van der Waals surface area contributed by atoms with Gasteiger partial charge in [0, 0.05) is 29.9 Å². The maximum absolute atomic E-state index is 13.1. The third-order valence-corrected chi connectivity index (χ3v) is 8.35. The van der Waals surface area contributed by atoms with Gasteiger partial charge in [-0.15, -0.1) is 0 Å². The van der Waals surface area contributed by atoms with E-state index >= 15 is 0 Å². The summed E-state index contributed by atoms with van der Waals surface area (Å²) in [5, 5.41) is 0.765. The third-order valence-electron chi connectivity index (χ3n) is 5.22. The zero-order valence-corrected chi connectivity index (χ0v) is 19.1. The Morgan fingerprint density at radius 2 is 1.70 bits per heavy atom. The van der Waals surface area contributed by atoms with Crippen molar-refractivity contribution in [3.63, 3.8) is 0 Å². The maximum Gasteiger partial charge on any atom is 0.244 e. The van der Waals surface area contributed by atoms with E-state index in [9.17, 15) is 13.2 Å². The molecule has 1 saturated heterocycles. The maximum atomic E-state index is 13.1. The number of sulfonamides is 1. The number of rotatable bonds is 7. The largest absolute Gasteiger partial charge is 0.493 e. The number of hydrogen-bond donors (Lipinski definition) is 1. The number of benzene rings is 2. The number of nitrogens with zero attached hydrogens (tertiary/aromatic N) is 1. The van der Waals surface area contributed by atoms with Crippen molar-refractivity contribution in [1.82, 2.24) is 4.31 Å². The van der Waals surface area contributed by atoms with Gasteiger partial charge in [0.05, 0.1) is 16.7 Å². The van der Waals surface area contributed by atoms with Crippen molar-refractivity contribution in [1.29, 1.82) is 0 Å². The van der Waals surface area contributed by atoms with E-state index < -0.39 is 21.3 Å². The Labute approximate surface area is 190 Å². The van der Waals surface area contributed by atoms with Gasteiger partial charge >= 0.3 is 0 Å². The van der Waals surface area contributed by atoms with E-state index in [1.54, 1.807) is 30.3 Å². The first-order chi connectivity index (χ1) is 14.1. The average molecular weight is 492 g/mol. The van der Waals surface area contributed by atoms with Crippen LogP contribution in [0.15, 0.2) is 47.4 Å². The summed E-state index contributed by atoms with van der Waals surface area (Å²) in [6.07, 6.45) is 0.939. The topological polar surface area (TPSA) is 89.7 Å². The Kier molecular flexibility index (Phi) is 7.20. The number of nitrogens with two attached hydrogens (primary N) is 1. The molecule has 0 saturated carbocycles. The van der Waals surface area contributed by atoms with E-state index in [4.69, 9.17) is 45.3 Å². The summed E-state index contributed by atoms with van der Waals surface area (Å²) < 4.78 is 33.3. The van der Waals surface area contributed by atoms with Crippen LogP contribution in [0.1, 0.15) is 19.3 Å². The van der Waals surface area contributed by atoms with Gasteiger partial charge in [-0.1, -0.05) is 40.9 Å². The van der Waals surface area contributed by atoms with Crippen molar-refractivity contribution in [2.24, 2.45) is 11.1 Å². The minimum atomic E-state index is -3.82. The van der Waals surface area contributed by atoms with Crippen molar-refractivity contribution in [2.45, 2.75) is 24.2 Å². The van der Waals surface area contributed by atoms with Crippen LogP contribution in [-0.4, -0.2) is 38.3 Å². The molecule has 0 aliphatic carbocycles. The molecular weight excluding hydrogens is 471 g/mol. The zero-order valence-electron chi connectivity index (χ0n) is 16.0. The van der Waals surface area contributed by atoms with Crippen molar-refractivity contribution in [3.8, 4) is 5.75 Å². The van der Waals surface area contributed by atoms with Gasteiger partial charge < -0.3 is 10.5 Å². The molecule has 0 aromatic heterocycles. The van der Waals surface area contributed by atoms with Gasteiger partial charge in [-0.3, -0.25) is 4.79 Å². The minimum absolute atomic E-state index is 0.000730. The molecule has 0 radical (unpaired) electrons. The molecule has 0 unspecified atom stereocenters. The number of primary amides is 1. The fourth-order valence-corrected chi connectivity index (χ4v) is 5.84.